The number of oxazole rings is 1. The molecule has 0 aliphatic rings. The van der Waals surface area contributed by atoms with Crippen LogP contribution >= 0.6 is 0 Å². The molecule has 0 saturated carbocycles. The van der Waals surface area contributed by atoms with Crippen LogP contribution in [0.4, 0.5) is 5.69 Å². The number of rotatable bonds is 3. The number of nitrogens with zero attached hydrogens (tertiary/aromatic N) is 2. The summed E-state index contributed by atoms with van der Waals surface area (Å²) in [5.74, 6) is 0.529. The van der Waals surface area contributed by atoms with Crippen molar-refractivity contribution < 1.29 is 9.21 Å². The van der Waals surface area contributed by atoms with Crippen molar-refractivity contribution in [2.45, 2.75) is 6.92 Å². The van der Waals surface area contributed by atoms with Crippen LogP contribution in [0, 0.1) is 6.92 Å². The second kappa shape index (κ2) is 5.28. The minimum absolute atomic E-state index is 0.139. The quantitative estimate of drug-likeness (QED) is 0.801. The standard InChI is InChI=1S/C16H15N3O2/c1-11-6-7-14(19(11)2)16(20)18-13-5-3-4-12(8-13)15-9-17-10-21-15/h3-10H,1-2H3,(H,18,20). The zero-order valence-corrected chi connectivity index (χ0v) is 11.8. The molecule has 0 saturated heterocycles. The third kappa shape index (κ3) is 2.58. The monoisotopic (exact) mass is 281 g/mol. The number of anilines is 1. The van der Waals surface area contributed by atoms with Crippen molar-refractivity contribution in [3.05, 3.63) is 60.4 Å². The summed E-state index contributed by atoms with van der Waals surface area (Å²) in [7, 11) is 1.87. The van der Waals surface area contributed by atoms with Crippen LogP contribution in [-0.4, -0.2) is 15.5 Å². The molecule has 3 rings (SSSR count). The molecule has 106 valence electrons. The normalized spacial score (nSPS) is 10.6. The van der Waals surface area contributed by atoms with Crippen LogP contribution < -0.4 is 5.32 Å². The summed E-state index contributed by atoms with van der Waals surface area (Å²) < 4.78 is 7.12. The van der Waals surface area contributed by atoms with E-state index in [-0.39, 0.29) is 5.91 Å². The molecule has 1 aromatic carbocycles. The number of carbonyl (C=O) groups excluding carboxylic acids is 1. The second-order valence-corrected chi connectivity index (χ2v) is 4.82. The molecule has 21 heavy (non-hydrogen) atoms. The number of hydrogen-bond acceptors (Lipinski definition) is 3. The van der Waals surface area contributed by atoms with E-state index in [9.17, 15) is 4.79 Å². The van der Waals surface area contributed by atoms with Crippen molar-refractivity contribution in [2.24, 2.45) is 7.05 Å². The number of aryl methyl sites for hydroxylation is 1. The van der Waals surface area contributed by atoms with E-state index >= 15 is 0 Å². The highest BCUT2D eigenvalue weighted by atomic mass is 16.3. The molecule has 0 atom stereocenters. The Labute approximate surface area is 122 Å². The minimum atomic E-state index is -0.139. The average Bonchev–Trinajstić information content (AvgIpc) is 3.11. The third-order valence-corrected chi connectivity index (χ3v) is 3.44. The Morgan fingerprint density at radius 2 is 2.14 bits per heavy atom. The highest BCUT2D eigenvalue weighted by Crippen LogP contribution is 2.22. The first-order valence-corrected chi connectivity index (χ1v) is 6.58. The van der Waals surface area contributed by atoms with Gasteiger partial charge in [-0.25, -0.2) is 4.98 Å². The lowest BCUT2D eigenvalue weighted by molar-refractivity contribution is 0.101. The molecule has 1 amide bonds. The Morgan fingerprint density at radius 3 is 2.81 bits per heavy atom. The Balaban J connectivity index is 1.84. The summed E-state index contributed by atoms with van der Waals surface area (Å²) in [4.78, 5) is 16.2. The molecule has 5 heteroatoms. The van der Waals surface area contributed by atoms with E-state index < -0.39 is 0 Å². The Morgan fingerprint density at radius 1 is 1.29 bits per heavy atom. The van der Waals surface area contributed by atoms with Gasteiger partial charge >= 0.3 is 0 Å². The second-order valence-electron chi connectivity index (χ2n) is 4.82. The summed E-state index contributed by atoms with van der Waals surface area (Å²) in [6.45, 7) is 1.96. The molecule has 5 nitrogen and oxygen atoms in total. The molecule has 1 N–H and O–H groups in total. The maximum atomic E-state index is 12.3. The Hall–Kier alpha value is -2.82. The molecular formula is C16H15N3O2. The summed E-state index contributed by atoms with van der Waals surface area (Å²) in [6, 6.07) is 11.2. The lowest BCUT2D eigenvalue weighted by atomic mass is 10.1. The van der Waals surface area contributed by atoms with Gasteiger partial charge in [0.1, 0.15) is 5.69 Å². The molecule has 0 fully saturated rings. The average molecular weight is 281 g/mol. The first-order chi connectivity index (χ1) is 10.1. The van der Waals surface area contributed by atoms with Crippen molar-refractivity contribution in [1.29, 1.82) is 0 Å². The minimum Gasteiger partial charge on any atom is -0.444 e. The Kier molecular flexibility index (Phi) is 3.31. The van der Waals surface area contributed by atoms with Crippen molar-refractivity contribution in [1.82, 2.24) is 9.55 Å². The van der Waals surface area contributed by atoms with Gasteiger partial charge in [-0.05, 0) is 31.2 Å². The summed E-state index contributed by atoms with van der Waals surface area (Å²) in [5.41, 5.74) is 3.24. The number of amides is 1. The van der Waals surface area contributed by atoms with Crippen molar-refractivity contribution in [2.75, 3.05) is 5.32 Å². The van der Waals surface area contributed by atoms with E-state index in [1.165, 1.54) is 6.39 Å². The van der Waals surface area contributed by atoms with Gasteiger partial charge in [0.25, 0.3) is 5.91 Å². The van der Waals surface area contributed by atoms with E-state index in [0.717, 1.165) is 11.3 Å². The van der Waals surface area contributed by atoms with Crippen LogP contribution in [0.25, 0.3) is 11.3 Å². The molecule has 0 aliphatic heterocycles. The van der Waals surface area contributed by atoms with Crippen LogP contribution in [0.15, 0.2) is 53.4 Å². The van der Waals surface area contributed by atoms with Gasteiger partial charge in [-0.3, -0.25) is 4.79 Å². The largest absolute Gasteiger partial charge is 0.444 e. The predicted molar refractivity (Wildman–Crippen MR) is 80.0 cm³/mol. The van der Waals surface area contributed by atoms with Gasteiger partial charge in [-0.1, -0.05) is 12.1 Å². The lowest BCUT2D eigenvalue weighted by Gasteiger charge is -2.08. The number of nitrogens with one attached hydrogen (secondary N) is 1. The number of hydrogen-bond donors (Lipinski definition) is 1. The fourth-order valence-corrected chi connectivity index (χ4v) is 2.14. The first-order valence-electron chi connectivity index (χ1n) is 6.58. The van der Waals surface area contributed by atoms with Gasteiger partial charge in [0, 0.05) is 24.0 Å². The summed E-state index contributed by atoms with van der Waals surface area (Å²) in [6.07, 6.45) is 3.02. The van der Waals surface area contributed by atoms with Crippen molar-refractivity contribution in [3.63, 3.8) is 0 Å². The number of carbonyl (C=O) groups is 1. The predicted octanol–water partition coefficient (Wildman–Crippen LogP) is 3.24. The summed E-state index contributed by atoms with van der Waals surface area (Å²) in [5, 5.41) is 2.89. The van der Waals surface area contributed by atoms with E-state index in [0.29, 0.717) is 17.1 Å². The van der Waals surface area contributed by atoms with E-state index in [1.54, 1.807) is 6.20 Å². The van der Waals surface area contributed by atoms with Gasteiger partial charge in [-0.2, -0.15) is 0 Å². The molecule has 0 bridgehead atoms. The summed E-state index contributed by atoms with van der Waals surface area (Å²) >= 11 is 0. The molecule has 0 spiro atoms. The van der Waals surface area contributed by atoms with E-state index in [2.05, 4.69) is 10.3 Å². The van der Waals surface area contributed by atoms with Gasteiger partial charge in [0.15, 0.2) is 12.2 Å². The van der Waals surface area contributed by atoms with Gasteiger partial charge in [-0.15, -0.1) is 0 Å². The van der Waals surface area contributed by atoms with Crippen molar-refractivity contribution in [3.8, 4) is 11.3 Å². The maximum Gasteiger partial charge on any atom is 0.272 e. The van der Waals surface area contributed by atoms with Crippen LogP contribution in [0.5, 0.6) is 0 Å². The molecule has 2 aromatic heterocycles. The SMILES string of the molecule is Cc1ccc(C(=O)Nc2cccc(-c3cnco3)c2)n1C. The number of benzene rings is 1. The van der Waals surface area contributed by atoms with E-state index in [1.807, 2.05) is 54.9 Å². The number of aromatic nitrogens is 2. The van der Waals surface area contributed by atoms with Crippen LogP contribution in [0.2, 0.25) is 0 Å². The van der Waals surface area contributed by atoms with Crippen LogP contribution in [0.3, 0.4) is 0 Å². The highest BCUT2D eigenvalue weighted by Gasteiger charge is 2.11. The Bertz CT molecular complexity index is 773. The molecule has 0 unspecified atom stereocenters. The molecule has 3 aromatic rings. The topological polar surface area (TPSA) is 60.1 Å². The first kappa shape index (κ1) is 13.2. The van der Waals surface area contributed by atoms with Crippen LogP contribution in [-0.2, 0) is 7.05 Å². The third-order valence-electron chi connectivity index (χ3n) is 3.44. The smallest absolute Gasteiger partial charge is 0.272 e. The molecule has 0 aliphatic carbocycles. The van der Waals surface area contributed by atoms with Crippen LogP contribution in [0.1, 0.15) is 16.2 Å². The lowest BCUT2D eigenvalue weighted by Crippen LogP contribution is -2.15. The zero-order valence-electron chi connectivity index (χ0n) is 11.8. The highest BCUT2D eigenvalue weighted by molar-refractivity contribution is 6.03. The zero-order chi connectivity index (χ0) is 14.8. The van der Waals surface area contributed by atoms with Crippen molar-refractivity contribution >= 4 is 11.6 Å². The molecular weight excluding hydrogens is 266 g/mol. The van der Waals surface area contributed by atoms with E-state index in [4.69, 9.17) is 4.42 Å². The molecule has 0 radical (unpaired) electrons. The maximum absolute atomic E-state index is 12.3. The molecule has 2 heterocycles. The van der Waals surface area contributed by atoms with Gasteiger partial charge in [0.2, 0.25) is 0 Å². The fourth-order valence-electron chi connectivity index (χ4n) is 2.14. The van der Waals surface area contributed by atoms with Gasteiger partial charge in [0.05, 0.1) is 6.20 Å². The fraction of sp³-hybridized carbons (Fsp3) is 0.125. The van der Waals surface area contributed by atoms with Gasteiger partial charge < -0.3 is 14.3 Å².